The van der Waals surface area contributed by atoms with Crippen LogP contribution in [0.3, 0.4) is 0 Å². The van der Waals surface area contributed by atoms with Gasteiger partial charge in [0.2, 0.25) is 11.8 Å². The number of benzene rings is 2. The van der Waals surface area contributed by atoms with E-state index in [0.29, 0.717) is 16.7 Å². The molecule has 0 bridgehead atoms. The molecule has 0 aromatic heterocycles. The number of alkyl halides is 3. The number of nitrogens with zero attached hydrogens (tertiary/aromatic N) is 1. The van der Waals surface area contributed by atoms with Crippen molar-refractivity contribution >= 4 is 23.1 Å². The van der Waals surface area contributed by atoms with Crippen LogP contribution in [-0.4, -0.2) is 29.0 Å². The fourth-order valence-electron chi connectivity index (χ4n) is 4.61. The minimum atomic E-state index is -4.55. The molecule has 3 atom stereocenters. The molecule has 1 aliphatic carbocycles. The molecule has 2 aliphatic rings. The van der Waals surface area contributed by atoms with Crippen LogP contribution >= 0.6 is 0 Å². The fourth-order valence-corrected chi connectivity index (χ4v) is 4.61. The number of rotatable bonds is 9. The molecule has 0 saturated heterocycles. The fraction of sp³-hybridized carbons (Fsp3) is 0.385. The van der Waals surface area contributed by atoms with Crippen LogP contribution in [0, 0.1) is 28.5 Å². The van der Waals surface area contributed by atoms with Crippen LogP contribution in [0.15, 0.2) is 54.6 Å². The first-order chi connectivity index (χ1) is 17.5. The molecule has 2 amide bonds. The van der Waals surface area contributed by atoms with E-state index in [9.17, 15) is 32.1 Å². The molecule has 0 spiro atoms. The number of carbonyl (C=O) groups excluding carboxylic acids is 2. The second kappa shape index (κ2) is 10.7. The van der Waals surface area contributed by atoms with E-state index < -0.39 is 54.7 Å². The second-order valence-corrected chi connectivity index (χ2v) is 9.45. The number of hydrazine groups is 1. The largest absolute Gasteiger partial charge is 0.389 e. The highest BCUT2D eigenvalue weighted by Gasteiger charge is 2.42. The van der Waals surface area contributed by atoms with Gasteiger partial charge in [-0.05, 0) is 36.0 Å². The lowest BCUT2D eigenvalue weighted by Crippen LogP contribution is -2.48. The van der Waals surface area contributed by atoms with Gasteiger partial charge in [-0.3, -0.25) is 14.9 Å². The molecule has 1 saturated carbocycles. The van der Waals surface area contributed by atoms with E-state index in [0.717, 1.165) is 12.8 Å². The van der Waals surface area contributed by atoms with Gasteiger partial charge in [0.05, 0.1) is 10.8 Å². The molecule has 196 valence electrons. The van der Waals surface area contributed by atoms with Crippen molar-refractivity contribution in [2.75, 3.05) is 5.43 Å². The van der Waals surface area contributed by atoms with Crippen LogP contribution < -0.4 is 16.5 Å². The Morgan fingerprint density at radius 1 is 1.08 bits per heavy atom. The summed E-state index contributed by atoms with van der Waals surface area (Å²) in [6, 6.07) is 13.0. The maximum Gasteiger partial charge on any atom is 0.389 e. The summed E-state index contributed by atoms with van der Waals surface area (Å²) in [5.41, 5.74) is 9.22. The zero-order valence-corrected chi connectivity index (χ0v) is 19.8. The number of nitrogens with two attached hydrogens (primary N) is 1. The van der Waals surface area contributed by atoms with Crippen molar-refractivity contribution in [1.82, 2.24) is 5.32 Å². The monoisotopic (exact) mass is 519 g/mol. The number of nitrogens with one attached hydrogen (secondary N) is 2. The van der Waals surface area contributed by atoms with Gasteiger partial charge in [-0.25, -0.2) is 4.39 Å². The number of hydrogen-bond acceptors (Lipinski definition) is 3. The Morgan fingerprint density at radius 3 is 2.41 bits per heavy atom. The summed E-state index contributed by atoms with van der Waals surface area (Å²) < 4.78 is 53.8. The molecule has 1 fully saturated rings. The number of anilines is 1. The Labute approximate surface area is 210 Å². The van der Waals surface area contributed by atoms with E-state index in [1.54, 1.807) is 36.4 Å². The minimum absolute atomic E-state index is 0.110. The summed E-state index contributed by atoms with van der Waals surface area (Å²) in [5, 5.41) is 2.47. The van der Waals surface area contributed by atoms with E-state index in [2.05, 4.69) is 10.7 Å². The smallest absolute Gasteiger partial charge is 0.369 e. The van der Waals surface area contributed by atoms with Crippen LogP contribution in [0.1, 0.15) is 43.2 Å². The molecule has 1 heterocycles. The van der Waals surface area contributed by atoms with Crippen molar-refractivity contribution in [3.8, 4) is 0 Å². The van der Waals surface area contributed by atoms with Crippen molar-refractivity contribution < 1.29 is 32.0 Å². The van der Waals surface area contributed by atoms with Gasteiger partial charge in [0.15, 0.2) is 5.82 Å². The standard InChI is InChI=1S/C26H26F4N4O3/c27-21-8-4-7-17-19(16-5-2-1-3-6-16)14-22(34(37)33-23(17)21)32-25(36)18(11-12-26(28,29)30)20(24(31)35)13-15-9-10-15/h1-8,14-15,18,20,22H,9-13H2,(H3-,31,32,33,35,36,37)/p+1/t18-,20+,22+/m1/s1. The third-order valence-electron chi connectivity index (χ3n) is 6.69. The minimum Gasteiger partial charge on any atom is -0.369 e. The maximum absolute atomic E-state index is 14.7. The zero-order chi connectivity index (χ0) is 26.7. The number of para-hydroxylation sites is 1. The van der Waals surface area contributed by atoms with Gasteiger partial charge in [0.1, 0.15) is 10.6 Å². The van der Waals surface area contributed by atoms with E-state index in [-0.39, 0.29) is 22.9 Å². The Morgan fingerprint density at radius 2 is 1.78 bits per heavy atom. The molecule has 7 nitrogen and oxygen atoms in total. The Balaban J connectivity index is 1.67. The predicted octanol–water partition coefficient (Wildman–Crippen LogP) is 4.68. The van der Waals surface area contributed by atoms with Gasteiger partial charge in [-0.1, -0.05) is 55.3 Å². The van der Waals surface area contributed by atoms with Gasteiger partial charge in [-0.15, -0.1) is 5.43 Å². The normalized spacial score (nSPS) is 19.1. The summed E-state index contributed by atoms with van der Waals surface area (Å²) in [4.78, 5) is 38.7. The summed E-state index contributed by atoms with van der Waals surface area (Å²) in [6.07, 6.45) is -4.68. The number of primary amides is 1. The molecule has 37 heavy (non-hydrogen) atoms. The SMILES string of the molecule is NC(=O)[C@@H](CC1CC1)[C@@H](CCC(F)(F)F)C(=O)N[C@@H]1C=C(c2ccccc2)c2cccc(F)c2N[N+]1=O. The number of halogens is 4. The van der Waals surface area contributed by atoms with Gasteiger partial charge in [0.25, 0.3) is 0 Å². The average molecular weight is 520 g/mol. The van der Waals surface area contributed by atoms with Gasteiger partial charge < -0.3 is 5.73 Å². The first-order valence-electron chi connectivity index (χ1n) is 12.0. The van der Waals surface area contributed by atoms with Crippen molar-refractivity contribution in [3.05, 3.63) is 76.5 Å². The Bertz CT molecular complexity index is 1210. The first-order valence-corrected chi connectivity index (χ1v) is 12.0. The molecule has 1 aliphatic heterocycles. The van der Waals surface area contributed by atoms with E-state index in [4.69, 9.17) is 5.73 Å². The van der Waals surface area contributed by atoms with Crippen LogP contribution in [0.5, 0.6) is 0 Å². The quantitative estimate of drug-likeness (QED) is 0.331. The van der Waals surface area contributed by atoms with Crippen LogP contribution in [0.25, 0.3) is 5.57 Å². The maximum atomic E-state index is 14.7. The highest BCUT2D eigenvalue weighted by Crippen LogP contribution is 2.39. The van der Waals surface area contributed by atoms with E-state index in [1.807, 2.05) is 0 Å². The average Bonchev–Trinajstić information content (AvgIpc) is 3.67. The summed E-state index contributed by atoms with van der Waals surface area (Å²) in [5.74, 6) is -4.84. The topological polar surface area (TPSA) is 104 Å². The van der Waals surface area contributed by atoms with Crippen molar-refractivity contribution in [2.45, 2.75) is 44.4 Å². The second-order valence-electron chi connectivity index (χ2n) is 9.45. The molecule has 4 rings (SSSR count). The lowest BCUT2D eigenvalue weighted by molar-refractivity contribution is -0.549. The van der Waals surface area contributed by atoms with Crippen LogP contribution in [-0.2, 0) is 9.59 Å². The number of amides is 2. The Kier molecular flexibility index (Phi) is 7.60. The van der Waals surface area contributed by atoms with E-state index >= 15 is 0 Å². The highest BCUT2D eigenvalue weighted by molar-refractivity contribution is 5.89. The molecule has 0 unspecified atom stereocenters. The molecule has 0 radical (unpaired) electrons. The number of fused-ring (bicyclic) bond motifs is 1. The summed E-state index contributed by atoms with van der Waals surface area (Å²) in [6.45, 7) is 0. The third-order valence-corrected chi connectivity index (χ3v) is 6.69. The molecule has 2 aromatic carbocycles. The van der Waals surface area contributed by atoms with Crippen molar-refractivity contribution in [2.24, 2.45) is 23.5 Å². The zero-order valence-electron chi connectivity index (χ0n) is 19.8. The van der Waals surface area contributed by atoms with Crippen molar-refractivity contribution in [1.29, 1.82) is 0 Å². The number of hydrogen-bond donors (Lipinski definition) is 3. The lowest BCUT2D eigenvalue weighted by Gasteiger charge is -2.25. The van der Waals surface area contributed by atoms with Gasteiger partial charge >= 0.3 is 12.3 Å². The summed E-state index contributed by atoms with van der Waals surface area (Å²) >= 11 is 0. The Hall–Kier alpha value is -3.76. The van der Waals surface area contributed by atoms with Crippen molar-refractivity contribution in [3.63, 3.8) is 0 Å². The molecule has 4 N–H and O–H groups in total. The first kappa shape index (κ1) is 26.3. The number of nitroso groups, excluding NO2 is 1. The van der Waals surface area contributed by atoms with E-state index in [1.165, 1.54) is 18.2 Å². The number of carbonyl (C=O) groups is 2. The van der Waals surface area contributed by atoms with Gasteiger partial charge in [-0.2, -0.15) is 13.2 Å². The molecular formula is C26H27F4N4O3+. The molecule has 2 aromatic rings. The summed E-state index contributed by atoms with van der Waals surface area (Å²) in [7, 11) is 0. The van der Waals surface area contributed by atoms with Crippen LogP contribution in [0.2, 0.25) is 0 Å². The van der Waals surface area contributed by atoms with Crippen LogP contribution in [0.4, 0.5) is 23.2 Å². The highest BCUT2D eigenvalue weighted by atomic mass is 19.4. The third kappa shape index (κ3) is 6.52. The predicted molar refractivity (Wildman–Crippen MR) is 128 cm³/mol. The lowest BCUT2D eigenvalue weighted by atomic mass is 9.83. The molecular weight excluding hydrogens is 492 g/mol. The van der Waals surface area contributed by atoms with Gasteiger partial charge in [0, 0.05) is 24.0 Å². The molecule has 11 heteroatoms.